The Hall–Kier alpha value is -2.34. The lowest BCUT2D eigenvalue weighted by Crippen LogP contribution is -1.79. The summed E-state index contributed by atoms with van der Waals surface area (Å²) in [5.41, 5.74) is 6.18. The number of nitrogens with two attached hydrogens (primary N) is 1. The number of anilines is 1. The first-order valence-corrected chi connectivity index (χ1v) is 4.40. The van der Waals surface area contributed by atoms with Crippen molar-refractivity contribution in [1.29, 1.82) is 10.8 Å². The van der Waals surface area contributed by atoms with Crippen LogP contribution in [0.1, 0.15) is 0 Å². The summed E-state index contributed by atoms with van der Waals surface area (Å²) in [6, 6.07) is 21.5. The first-order valence-electron chi connectivity index (χ1n) is 4.40. The number of benzene rings is 2. The van der Waals surface area contributed by atoms with E-state index in [1.165, 1.54) is 0 Å². The quantitative estimate of drug-likeness (QED) is 0.523. The van der Waals surface area contributed by atoms with Crippen LogP contribution in [0.5, 0.6) is 0 Å². The van der Waals surface area contributed by atoms with E-state index in [1.54, 1.807) is 0 Å². The molecule has 0 aliphatic carbocycles. The van der Waals surface area contributed by atoms with E-state index in [-0.39, 0.29) is 0 Å². The minimum absolute atomic E-state index is 0.822. The molecule has 0 aromatic heterocycles. The molecule has 2 rings (SSSR count). The molecule has 0 heterocycles. The molecule has 0 unspecified atom stereocenters. The molecule has 0 saturated heterocycles. The monoisotopic (exact) mass is 199 g/mol. The zero-order valence-electron chi connectivity index (χ0n) is 8.32. The summed E-state index contributed by atoms with van der Waals surface area (Å²) in [6.45, 7) is 0. The summed E-state index contributed by atoms with van der Waals surface area (Å²) in [7, 11) is 0. The largest absolute Gasteiger partial charge is 0.399 e. The molecular formula is C12H13N3. The Kier molecular flexibility index (Phi) is 8.23. The lowest BCUT2D eigenvalue weighted by molar-refractivity contribution is 1.15. The second-order valence-electron chi connectivity index (χ2n) is 2.57. The predicted octanol–water partition coefficient (Wildman–Crippen LogP) is 2.99. The first kappa shape index (κ1) is 12.7. The molecule has 76 valence electrons. The topological polar surface area (TPSA) is 73.6 Å². The third kappa shape index (κ3) is 8.00. The van der Waals surface area contributed by atoms with Gasteiger partial charge < -0.3 is 5.73 Å². The number of hydrogen-bond donors (Lipinski definition) is 1. The van der Waals surface area contributed by atoms with Crippen molar-refractivity contribution in [1.82, 2.24) is 0 Å². The van der Waals surface area contributed by atoms with Crippen molar-refractivity contribution in [2.45, 2.75) is 0 Å². The summed E-state index contributed by atoms with van der Waals surface area (Å²) in [4.78, 5) is 0. The first-order chi connectivity index (χ1) is 7.39. The molecular weight excluding hydrogens is 186 g/mol. The standard InChI is InChI=1S/C6H7N.C6H6.N2/c7-6-4-2-1-3-5-6;1-2-4-6-5-3-1;1-2/h1-5H,7H2;1-6H;. The Morgan fingerprint density at radius 1 is 0.600 bits per heavy atom. The summed E-state index contributed by atoms with van der Waals surface area (Å²) in [5, 5.41) is 12.0. The Balaban J connectivity index is 0.000000227. The molecule has 0 radical (unpaired) electrons. The van der Waals surface area contributed by atoms with Crippen LogP contribution < -0.4 is 5.73 Å². The highest BCUT2D eigenvalue weighted by Gasteiger charge is 1.72. The maximum atomic E-state index is 6.00. The maximum Gasteiger partial charge on any atom is 0.0313 e. The third-order valence-electron chi connectivity index (χ3n) is 1.47. The van der Waals surface area contributed by atoms with E-state index in [4.69, 9.17) is 16.5 Å². The Morgan fingerprint density at radius 2 is 0.867 bits per heavy atom. The zero-order chi connectivity index (χ0) is 11.4. The zero-order valence-corrected chi connectivity index (χ0v) is 8.32. The van der Waals surface area contributed by atoms with Crippen molar-refractivity contribution < 1.29 is 0 Å². The van der Waals surface area contributed by atoms with Gasteiger partial charge in [0.05, 0.1) is 0 Å². The van der Waals surface area contributed by atoms with Gasteiger partial charge in [0, 0.05) is 16.5 Å². The molecule has 3 heteroatoms. The highest BCUT2D eigenvalue weighted by atomic mass is 14.6. The number of hydrogen-bond acceptors (Lipinski definition) is 3. The van der Waals surface area contributed by atoms with Gasteiger partial charge in [0.1, 0.15) is 0 Å². The second-order valence-corrected chi connectivity index (χ2v) is 2.57. The van der Waals surface area contributed by atoms with Crippen molar-refractivity contribution in [2.24, 2.45) is 0 Å². The van der Waals surface area contributed by atoms with Gasteiger partial charge in [-0.05, 0) is 12.1 Å². The van der Waals surface area contributed by atoms with Crippen LogP contribution in [-0.4, -0.2) is 0 Å². The van der Waals surface area contributed by atoms with Crippen LogP contribution in [0.2, 0.25) is 0 Å². The Bertz CT molecular complexity index is 316. The third-order valence-corrected chi connectivity index (χ3v) is 1.47. The number of nitrogen functional groups attached to an aromatic ring is 1. The van der Waals surface area contributed by atoms with Gasteiger partial charge in [-0.15, -0.1) is 0 Å². The minimum atomic E-state index is 0.822. The van der Waals surface area contributed by atoms with E-state index in [1.807, 2.05) is 66.7 Å². The van der Waals surface area contributed by atoms with Crippen LogP contribution in [0.3, 0.4) is 0 Å². The van der Waals surface area contributed by atoms with Crippen LogP contribution in [0.4, 0.5) is 5.69 Å². The van der Waals surface area contributed by atoms with Crippen LogP contribution in [0.15, 0.2) is 66.7 Å². The molecule has 0 amide bonds. The molecule has 2 N–H and O–H groups in total. The van der Waals surface area contributed by atoms with E-state index < -0.39 is 0 Å². The van der Waals surface area contributed by atoms with Gasteiger partial charge in [-0.25, -0.2) is 0 Å². The molecule has 0 atom stereocenters. The number of para-hydroxylation sites is 1. The van der Waals surface area contributed by atoms with Crippen molar-refractivity contribution in [2.75, 3.05) is 5.73 Å². The lowest BCUT2D eigenvalue weighted by atomic mass is 10.3. The van der Waals surface area contributed by atoms with Gasteiger partial charge in [-0.3, -0.25) is 0 Å². The van der Waals surface area contributed by atoms with Crippen molar-refractivity contribution >= 4 is 5.69 Å². The van der Waals surface area contributed by atoms with Gasteiger partial charge in [0.25, 0.3) is 0 Å². The summed E-state index contributed by atoms with van der Waals surface area (Å²) < 4.78 is 0. The van der Waals surface area contributed by atoms with Gasteiger partial charge in [-0.1, -0.05) is 54.6 Å². The fourth-order valence-electron chi connectivity index (χ4n) is 0.838. The van der Waals surface area contributed by atoms with Crippen molar-refractivity contribution in [3.8, 4) is 0 Å². The number of nitrogens with zero attached hydrogens (tertiary/aromatic N) is 2. The van der Waals surface area contributed by atoms with Gasteiger partial charge in [-0.2, -0.15) is 0 Å². The van der Waals surface area contributed by atoms with Crippen molar-refractivity contribution in [3.05, 3.63) is 66.7 Å². The fourth-order valence-corrected chi connectivity index (χ4v) is 0.838. The fraction of sp³-hybridized carbons (Fsp3) is 0. The van der Waals surface area contributed by atoms with Crippen LogP contribution >= 0.6 is 0 Å². The SMILES string of the molecule is N#N.Nc1ccccc1.c1ccccc1. The van der Waals surface area contributed by atoms with E-state index in [2.05, 4.69) is 0 Å². The normalized spacial score (nSPS) is 7.33. The molecule has 2 aromatic rings. The average Bonchev–Trinajstić information content (AvgIpc) is 2.36. The Labute approximate surface area is 89.6 Å². The predicted molar refractivity (Wildman–Crippen MR) is 60.7 cm³/mol. The van der Waals surface area contributed by atoms with Gasteiger partial charge in [0.2, 0.25) is 0 Å². The highest BCUT2D eigenvalue weighted by molar-refractivity contribution is 5.35. The molecule has 0 saturated carbocycles. The molecule has 0 spiro atoms. The summed E-state index contributed by atoms with van der Waals surface area (Å²) >= 11 is 0. The average molecular weight is 199 g/mol. The summed E-state index contributed by atoms with van der Waals surface area (Å²) in [6.07, 6.45) is 0. The van der Waals surface area contributed by atoms with Gasteiger partial charge in [0.15, 0.2) is 0 Å². The lowest BCUT2D eigenvalue weighted by Gasteiger charge is -1.83. The molecule has 2 aromatic carbocycles. The van der Waals surface area contributed by atoms with Gasteiger partial charge >= 0.3 is 0 Å². The minimum Gasteiger partial charge on any atom is -0.399 e. The van der Waals surface area contributed by atoms with E-state index >= 15 is 0 Å². The Morgan fingerprint density at radius 3 is 1.07 bits per heavy atom. The van der Waals surface area contributed by atoms with Crippen LogP contribution in [0, 0.1) is 10.8 Å². The number of rotatable bonds is 0. The van der Waals surface area contributed by atoms with Crippen LogP contribution in [-0.2, 0) is 0 Å². The molecule has 15 heavy (non-hydrogen) atoms. The summed E-state index contributed by atoms with van der Waals surface area (Å²) in [5.74, 6) is 0. The van der Waals surface area contributed by atoms with E-state index in [9.17, 15) is 0 Å². The molecule has 0 aliphatic heterocycles. The van der Waals surface area contributed by atoms with Crippen molar-refractivity contribution in [3.63, 3.8) is 0 Å². The molecule has 0 fully saturated rings. The molecule has 3 nitrogen and oxygen atoms in total. The molecule has 0 aliphatic rings. The second kappa shape index (κ2) is 9.75. The smallest absolute Gasteiger partial charge is 0.0313 e. The highest BCUT2D eigenvalue weighted by Crippen LogP contribution is 1.95. The maximum absolute atomic E-state index is 6.00. The van der Waals surface area contributed by atoms with E-state index in [0.717, 1.165) is 5.69 Å². The van der Waals surface area contributed by atoms with Crippen LogP contribution in [0.25, 0.3) is 0 Å². The molecule has 0 bridgehead atoms. The van der Waals surface area contributed by atoms with E-state index in [0.29, 0.717) is 0 Å².